The van der Waals surface area contributed by atoms with Crippen LogP contribution < -0.4 is 10.1 Å². The molecule has 1 heterocycles. The average molecular weight is 463 g/mol. The van der Waals surface area contributed by atoms with Crippen LogP contribution in [0.25, 0.3) is 10.9 Å². The predicted molar refractivity (Wildman–Crippen MR) is 124 cm³/mol. The summed E-state index contributed by atoms with van der Waals surface area (Å²) < 4.78 is 6.72. The van der Waals surface area contributed by atoms with Crippen molar-refractivity contribution >= 4 is 32.7 Å². The van der Waals surface area contributed by atoms with Gasteiger partial charge in [0.2, 0.25) is 0 Å². The summed E-state index contributed by atoms with van der Waals surface area (Å²) in [6.07, 6.45) is 2.04. The standard InChI is InChI=1S/C25H23BrN2O2/c1-17-6-2-5-9-24(17)30-16-25(29)28-14-21(18-10-12-19(26)13-11-18)22-15-27-23-8-4-3-7-20(22)23/h2-13,15,21,27H,14,16H2,1H3,(H,28,29). The molecule has 30 heavy (non-hydrogen) atoms. The minimum atomic E-state index is -0.139. The number of H-pyrrole nitrogens is 1. The van der Waals surface area contributed by atoms with Crippen LogP contribution in [0.2, 0.25) is 0 Å². The van der Waals surface area contributed by atoms with Gasteiger partial charge in [0, 0.05) is 34.0 Å². The highest BCUT2D eigenvalue weighted by Gasteiger charge is 2.19. The molecule has 1 amide bonds. The van der Waals surface area contributed by atoms with E-state index in [9.17, 15) is 4.79 Å². The molecule has 1 unspecified atom stereocenters. The minimum Gasteiger partial charge on any atom is -0.484 e. The quantitative estimate of drug-likeness (QED) is 0.377. The molecular formula is C25H23BrN2O2. The number of aromatic amines is 1. The number of aromatic nitrogens is 1. The van der Waals surface area contributed by atoms with Crippen molar-refractivity contribution in [1.82, 2.24) is 10.3 Å². The van der Waals surface area contributed by atoms with E-state index in [4.69, 9.17) is 4.74 Å². The summed E-state index contributed by atoms with van der Waals surface area (Å²) in [5, 5.41) is 4.21. The zero-order valence-electron chi connectivity index (χ0n) is 16.7. The van der Waals surface area contributed by atoms with Crippen LogP contribution in [0.3, 0.4) is 0 Å². The molecule has 0 saturated carbocycles. The number of benzene rings is 3. The van der Waals surface area contributed by atoms with Gasteiger partial charge in [0.15, 0.2) is 6.61 Å². The zero-order valence-corrected chi connectivity index (χ0v) is 18.3. The largest absolute Gasteiger partial charge is 0.484 e. The SMILES string of the molecule is Cc1ccccc1OCC(=O)NCC(c1ccc(Br)cc1)c1c[nH]c2ccccc12. The lowest BCUT2D eigenvalue weighted by Gasteiger charge is -2.19. The summed E-state index contributed by atoms with van der Waals surface area (Å²) >= 11 is 3.50. The molecule has 0 aliphatic heterocycles. The van der Waals surface area contributed by atoms with E-state index in [0.717, 1.165) is 37.8 Å². The van der Waals surface area contributed by atoms with Crippen molar-refractivity contribution in [2.45, 2.75) is 12.8 Å². The lowest BCUT2D eigenvalue weighted by molar-refractivity contribution is -0.123. The number of rotatable bonds is 7. The van der Waals surface area contributed by atoms with Gasteiger partial charge in [-0.15, -0.1) is 0 Å². The second kappa shape index (κ2) is 9.18. The fraction of sp³-hybridized carbons (Fsp3) is 0.160. The molecule has 152 valence electrons. The topological polar surface area (TPSA) is 54.1 Å². The third-order valence-electron chi connectivity index (χ3n) is 5.22. The molecule has 0 fully saturated rings. The van der Waals surface area contributed by atoms with Crippen LogP contribution in [0.15, 0.2) is 83.5 Å². The number of hydrogen-bond donors (Lipinski definition) is 2. The van der Waals surface area contributed by atoms with Crippen molar-refractivity contribution in [2.75, 3.05) is 13.2 Å². The van der Waals surface area contributed by atoms with E-state index in [-0.39, 0.29) is 18.4 Å². The number of halogens is 1. The van der Waals surface area contributed by atoms with Crippen LogP contribution in [0.1, 0.15) is 22.6 Å². The molecule has 0 spiro atoms. The van der Waals surface area contributed by atoms with Gasteiger partial charge in [-0.25, -0.2) is 0 Å². The highest BCUT2D eigenvalue weighted by Crippen LogP contribution is 2.31. The molecule has 0 radical (unpaired) electrons. The van der Waals surface area contributed by atoms with Gasteiger partial charge in [-0.05, 0) is 47.9 Å². The fourth-order valence-corrected chi connectivity index (χ4v) is 3.88. The highest BCUT2D eigenvalue weighted by atomic mass is 79.9. The fourth-order valence-electron chi connectivity index (χ4n) is 3.61. The van der Waals surface area contributed by atoms with Crippen LogP contribution in [0.4, 0.5) is 0 Å². The first-order chi connectivity index (χ1) is 14.6. The van der Waals surface area contributed by atoms with E-state index in [1.807, 2.05) is 61.7 Å². The van der Waals surface area contributed by atoms with Crippen molar-refractivity contribution in [3.8, 4) is 5.75 Å². The summed E-state index contributed by atoms with van der Waals surface area (Å²) in [6, 6.07) is 24.1. The van der Waals surface area contributed by atoms with E-state index in [0.29, 0.717) is 6.54 Å². The maximum absolute atomic E-state index is 12.5. The molecule has 5 heteroatoms. The van der Waals surface area contributed by atoms with E-state index in [2.05, 4.69) is 50.5 Å². The van der Waals surface area contributed by atoms with Crippen molar-refractivity contribution in [2.24, 2.45) is 0 Å². The van der Waals surface area contributed by atoms with E-state index >= 15 is 0 Å². The van der Waals surface area contributed by atoms with Gasteiger partial charge in [-0.1, -0.05) is 64.5 Å². The number of carbonyl (C=O) groups is 1. The van der Waals surface area contributed by atoms with Crippen LogP contribution in [-0.2, 0) is 4.79 Å². The number of ether oxygens (including phenoxy) is 1. The number of aryl methyl sites for hydroxylation is 1. The normalized spacial score (nSPS) is 11.9. The summed E-state index contributed by atoms with van der Waals surface area (Å²) in [7, 11) is 0. The molecule has 4 nitrogen and oxygen atoms in total. The highest BCUT2D eigenvalue weighted by molar-refractivity contribution is 9.10. The van der Waals surface area contributed by atoms with Crippen molar-refractivity contribution in [1.29, 1.82) is 0 Å². The molecule has 4 aromatic rings. The Kier molecular flexibility index (Phi) is 6.19. The maximum Gasteiger partial charge on any atom is 0.257 e. The molecule has 4 rings (SSSR count). The smallest absolute Gasteiger partial charge is 0.257 e. The molecule has 3 aromatic carbocycles. The first-order valence-electron chi connectivity index (χ1n) is 9.88. The van der Waals surface area contributed by atoms with Gasteiger partial charge < -0.3 is 15.0 Å². The lowest BCUT2D eigenvalue weighted by Crippen LogP contribution is -2.32. The Morgan fingerprint density at radius 1 is 1.03 bits per heavy atom. The Bertz CT molecular complexity index is 1150. The Morgan fingerprint density at radius 2 is 1.77 bits per heavy atom. The van der Waals surface area contributed by atoms with E-state index < -0.39 is 0 Å². The van der Waals surface area contributed by atoms with Gasteiger partial charge in [0.05, 0.1) is 0 Å². The zero-order chi connectivity index (χ0) is 20.9. The molecule has 0 bridgehead atoms. The maximum atomic E-state index is 12.5. The van der Waals surface area contributed by atoms with Gasteiger partial charge >= 0.3 is 0 Å². The number of para-hydroxylation sites is 2. The third kappa shape index (κ3) is 4.57. The van der Waals surface area contributed by atoms with Crippen LogP contribution in [0.5, 0.6) is 5.75 Å². The van der Waals surface area contributed by atoms with Gasteiger partial charge in [-0.3, -0.25) is 4.79 Å². The summed E-state index contributed by atoms with van der Waals surface area (Å²) in [5.74, 6) is 0.616. The lowest BCUT2D eigenvalue weighted by atomic mass is 9.91. The first-order valence-corrected chi connectivity index (χ1v) is 10.7. The first kappa shape index (κ1) is 20.2. The monoisotopic (exact) mass is 462 g/mol. The van der Waals surface area contributed by atoms with Gasteiger partial charge in [0.25, 0.3) is 5.91 Å². The summed E-state index contributed by atoms with van der Waals surface area (Å²) in [6.45, 7) is 2.44. The van der Waals surface area contributed by atoms with Crippen LogP contribution >= 0.6 is 15.9 Å². The van der Waals surface area contributed by atoms with E-state index in [1.165, 1.54) is 0 Å². The van der Waals surface area contributed by atoms with Gasteiger partial charge in [0.1, 0.15) is 5.75 Å². The molecule has 1 atom stereocenters. The van der Waals surface area contributed by atoms with Crippen molar-refractivity contribution < 1.29 is 9.53 Å². The average Bonchev–Trinajstić information content (AvgIpc) is 3.18. The van der Waals surface area contributed by atoms with Crippen LogP contribution in [-0.4, -0.2) is 24.0 Å². The Morgan fingerprint density at radius 3 is 2.57 bits per heavy atom. The summed E-state index contributed by atoms with van der Waals surface area (Å²) in [4.78, 5) is 15.8. The molecule has 2 N–H and O–H groups in total. The third-order valence-corrected chi connectivity index (χ3v) is 5.75. The second-order valence-corrected chi connectivity index (χ2v) is 8.17. The number of amides is 1. The molecule has 0 saturated heterocycles. The Balaban J connectivity index is 1.51. The molecule has 1 aromatic heterocycles. The van der Waals surface area contributed by atoms with Crippen LogP contribution in [0, 0.1) is 6.92 Å². The Labute approximate surface area is 184 Å². The second-order valence-electron chi connectivity index (χ2n) is 7.25. The Hall–Kier alpha value is -3.05. The molecule has 0 aliphatic rings. The van der Waals surface area contributed by atoms with Gasteiger partial charge in [-0.2, -0.15) is 0 Å². The predicted octanol–water partition coefficient (Wildman–Crippen LogP) is 5.57. The molecule has 0 aliphatic carbocycles. The molecular weight excluding hydrogens is 440 g/mol. The summed E-state index contributed by atoms with van der Waals surface area (Å²) in [5.41, 5.74) is 4.40. The van der Waals surface area contributed by atoms with E-state index in [1.54, 1.807) is 0 Å². The van der Waals surface area contributed by atoms with Crippen molar-refractivity contribution in [3.63, 3.8) is 0 Å². The number of nitrogens with one attached hydrogen (secondary N) is 2. The number of fused-ring (bicyclic) bond motifs is 1. The number of hydrogen-bond acceptors (Lipinski definition) is 2. The van der Waals surface area contributed by atoms with Crippen molar-refractivity contribution in [3.05, 3.63) is 100 Å². The number of carbonyl (C=O) groups excluding carboxylic acids is 1. The minimum absolute atomic E-state index is 0.00814.